The molecule has 0 atom stereocenters. The minimum atomic E-state index is -3.55. The van der Waals surface area contributed by atoms with Crippen LogP contribution < -0.4 is 10.0 Å². The summed E-state index contributed by atoms with van der Waals surface area (Å²) in [5.41, 5.74) is 2.66. The lowest BCUT2D eigenvalue weighted by Gasteiger charge is -2.18. The molecular weight excluding hydrogens is 332 g/mol. The maximum atomic E-state index is 12.4. The van der Waals surface area contributed by atoms with Crippen LogP contribution in [0.3, 0.4) is 0 Å². The number of sulfonamides is 1. The molecule has 5 heteroatoms. The zero-order valence-corrected chi connectivity index (χ0v) is 15.5. The van der Waals surface area contributed by atoms with E-state index >= 15 is 0 Å². The predicted molar refractivity (Wildman–Crippen MR) is 104 cm³/mol. The summed E-state index contributed by atoms with van der Waals surface area (Å²) in [7, 11) is -3.55. The SMILES string of the molecule is Cc1ccc(S(=O)(=O)Nc2ccc(NC3CCCCCC3)cc2)cc1. The van der Waals surface area contributed by atoms with Crippen molar-refractivity contribution in [3.8, 4) is 0 Å². The summed E-state index contributed by atoms with van der Waals surface area (Å²) in [6.07, 6.45) is 7.65. The van der Waals surface area contributed by atoms with Gasteiger partial charge >= 0.3 is 0 Å². The Morgan fingerprint density at radius 3 is 1.96 bits per heavy atom. The second-order valence-corrected chi connectivity index (χ2v) is 8.51. The number of rotatable bonds is 5. The van der Waals surface area contributed by atoms with Crippen LogP contribution in [0.15, 0.2) is 53.4 Å². The maximum absolute atomic E-state index is 12.4. The van der Waals surface area contributed by atoms with E-state index in [1.807, 2.05) is 31.2 Å². The van der Waals surface area contributed by atoms with Gasteiger partial charge in [-0.25, -0.2) is 8.42 Å². The summed E-state index contributed by atoms with van der Waals surface area (Å²) in [4.78, 5) is 0.277. The van der Waals surface area contributed by atoms with Crippen molar-refractivity contribution in [3.05, 3.63) is 54.1 Å². The van der Waals surface area contributed by atoms with Crippen molar-refractivity contribution in [2.45, 2.75) is 56.4 Å². The highest BCUT2D eigenvalue weighted by molar-refractivity contribution is 7.92. The third-order valence-electron chi connectivity index (χ3n) is 4.69. The normalized spacial score (nSPS) is 16.2. The Morgan fingerprint density at radius 1 is 0.800 bits per heavy atom. The van der Waals surface area contributed by atoms with Crippen LogP contribution in [0.2, 0.25) is 0 Å². The van der Waals surface area contributed by atoms with Crippen LogP contribution in [0.5, 0.6) is 0 Å². The van der Waals surface area contributed by atoms with E-state index < -0.39 is 10.0 Å². The lowest BCUT2D eigenvalue weighted by atomic mass is 10.1. The molecule has 2 N–H and O–H groups in total. The highest BCUT2D eigenvalue weighted by Gasteiger charge is 2.14. The molecule has 0 spiro atoms. The van der Waals surface area contributed by atoms with Gasteiger partial charge < -0.3 is 5.32 Å². The highest BCUT2D eigenvalue weighted by Crippen LogP contribution is 2.23. The molecule has 0 radical (unpaired) electrons. The maximum Gasteiger partial charge on any atom is 0.261 e. The fourth-order valence-corrected chi connectivity index (χ4v) is 4.28. The van der Waals surface area contributed by atoms with E-state index in [-0.39, 0.29) is 4.90 Å². The molecule has 0 amide bonds. The number of hydrogen-bond donors (Lipinski definition) is 2. The van der Waals surface area contributed by atoms with Gasteiger partial charge in [-0.1, -0.05) is 43.4 Å². The van der Waals surface area contributed by atoms with Gasteiger partial charge in [-0.15, -0.1) is 0 Å². The standard InChI is InChI=1S/C20H26N2O2S/c1-16-8-14-20(15-9-16)25(23,24)22-19-12-10-18(11-13-19)21-17-6-4-2-3-5-7-17/h8-15,17,21-22H,2-7H2,1H3. The quantitative estimate of drug-likeness (QED) is 0.745. The van der Waals surface area contributed by atoms with Gasteiger partial charge in [0.25, 0.3) is 10.0 Å². The van der Waals surface area contributed by atoms with E-state index in [4.69, 9.17) is 0 Å². The van der Waals surface area contributed by atoms with Crippen molar-refractivity contribution in [3.63, 3.8) is 0 Å². The summed E-state index contributed by atoms with van der Waals surface area (Å²) in [6, 6.07) is 14.9. The molecule has 0 unspecified atom stereocenters. The second kappa shape index (κ2) is 7.91. The number of nitrogens with one attached hydrogen (secondary N) is 2. The average Bonchev–Trinajstić information content (AvgIpc) is 2.85. The summed E-state index contributed by atoms with van der Waals surface area (Å²) in [6.45, 7) is 1.93. The molecule has 0 aliphatic heterocycles. The Morgan fingerprint density at radius 2 is 1.36 bits per heavy atom. The third kappa shape index (κ3) is 4.98. The molecule has 2 aromatic carbocycles. The smallest absolute Gasteiger partial charge is 0.261 e. The van der Waals surface area contributed by atoms with Gasteiger partial charge in [0.1, 0.15) is 0 Å². The molecule has 25 heavy (non-hydrogen) atoms. The van der Waals surface area contributed by atoms with Crippen LogP contribution in [0.25, 0.3) is 0 Å². The topological polar surface area (TPSA) is 58.2 Å². The number of aryl methyl sites for hydroxylation is 1. The Hall–Kier alpha value is -2.01. The largest absolute Gasteiger partial charge is 0.382 e. The van der Waals surface area contributed by atoms with Crippen molar-refractivity contribution in [1.82, 2.24) is 0 Å². The average molecular weight is 359 g/mol. The molecule has 3 rings (SSSR count). The zero-order valence-electron chi connectivity index (χ0n) is 14.7. The minimum absolute atomic E-state index is 0.277. The second-order valence-electron chi connectivity index (χ2n) is 6.83. The van der Waals surface area contributed by atoms with Crippen LogP contribution in [0.1, 0.15) is 44.1 Å². The predicted octanol–water partition coefficient (Wildman–Crippen LogP) is 4.93. The van der Waals surface area contributed by atoms with Gasteiger partial charge in [0.05, 0.1) is 4.90 Å². The van der Waals surface area contributed by atoms with Crippen LogP contribution >= 0.6 is 0 Å². The number of anilines is 2. The van der Waals surface area contributed by atoms with Crippen LogP contribution in [0, 0.1) is 6.92 Å². The molecule has 1 fully saturated rings. The molecule has 134 valence electrons. The van der Waals surface area contributed by atoms with Crippen molar-refractivity contribution in [2.24, 2.45) is 0 Å². The van der Waals surface area contributed by atoms with Crippen LogP contribution in [-0.2, 0) is 10.0 Å². The number of benzene rings is 2. The van der Waals surface area contributed by atoms with E-state index in [1.54, 1.807) is 24.3 Å². The summed E-state index contributed by atoms with van der Waals surface area (Å²) < 4.78 is 27.5. The summed E-state index contributed by atoms with van der Waals surface area (Å²) in [5.74, 6) is 0. The fourth-order valence-electron chi connectivity index (χ4n) is 3.23. The van der Waals surface area contributed by atoms with Gasteiger partial charge in [-0.2, -0.15) is 0 Å². The molecule has 2 aromatic rings. The molecule has 1 aliphatic rings. The minimum Gasteiger partial charge on any atom is -0.382 e. The van der Waals surface area contributed by atoms with E-state index in [0.717, 1.165) is 11.3 Å². The molecule has 0 bridgehead atoms. The van der Waals surface area contributed by atoms with Gasteiger partial charge in [0.2, 0.25) is 0 Å². The summed E-state index contributed by atoms with van der Waals surface area (Å²) in [5, 5.41) is 3.57. The Labute approximate surface area is 150 Å². The molecule has 0 aromatic heterocycles. The van der Waals surface area contributed by atoms with Gasteiger partial charge in [0.15, 0.2) is 0 Å². The van der Waals surface area contributed by atoms with E-state index in [2.05, 4.69) is 10.0 Å². The third-order valence-corrected chi connectivity index (χ3v) is 6.09. The molecule has 4 nitrogen and oxygen atoms in total. The van der Waals surface area contributed by atoms with Crippen molar-refractivity contribution >= 4 is 21.4 Å². The van der Waals surface area contributed by atoms with Crippen molar-refractivity contribution < 1.29 is 8.42 Å². The first-order valence-corrected chi connectivity index (χ1v) is 10.5. The van der Waals surface area contributed by atoms with E-state index in [0.29, 0.717) is 11.7 Å². The van der Waals surface area contributed by atoms with Gasteiger partial charge in [-0.3, -0.25) is 4.72 Å². The fraction of sp³-hybridized carbons (Fsp3) is 0.400. The summed E-state index contributed by atoms with van der Waals surface area (Å²) >= 11 is 0. The van der Waals surface area contributed by atoms with Gasteiger partial charge in [-0.05, 0) is 56.2 Å². The highest BCUT2D eigenvalue weighted by atomic mass is 32.2. The molecule has 1 aliphatic carbocycles. The molecule has 1 saturated carbocycles. The van der Waals surface area contributed by atoms with Crippen LogP contribution in [0.4, 0.5) is 11.4 Å². The first-order valence-electron chi connectivity index (χ1n) is 8.99. The van der Waals surface area contributed by atoms with Crippen molar-refractivity contribution in [1.29, 1.82) is 0 Å². The first-order chi connectivity index (χ1) is 12.0. The lowest BCUT2D eigenvalue weighted by molar-refractivity contribution is 0.601. The Kier molecular flexibility index (Phi) is 5.63. The van der Waals surface area contributed by atoms with Crippen molar-refractivity contribution in [2.75, 3.05) is 10.0 Å². The molecular formula is C20H26N2O2S. The monoisotopic (exact) mass is 358 g/mol. The Bertz CT molecular complexity index is 775. The lowest BCUT2D eigenvalue weighted by Crippen LogP contribution is -2.18. The van der Waals surface area contributed by atoms with Gasteiger partial charge in [0, 0.05) is 17.4 Å². The number of hydrogen-bond acceptors (Lipinski definition) is 3. The van der Waals surface area contributed by atoms with E-state index in [1.165, 1.54) is 38.5 Å². The molecule has 0 heterocycles. The molecule has 0 saturated heterocycles. The van der Waals surface area contributed by atoms with E-state index in [9.17, 15) is 8.42 Å². The first kappa shape index (κ1) is 17.8. The van der Waals surface area contributed by atoms with Crippen LogP contribution in [-0.4, -0.2) is 14.5 Å². The zero-order chi connectivity index (χ0) is 17.7. The Balaban J connectivity index is 1.64.